The second-order valence-corrected chi connectivity index (χ2v) is 6.71. The lowest BCUT2D eigenvalue weighted by molar-refractivity contribution is -0.122. The number of aryl methyl sites for hydroxylation is 1. The summed E-state index contributed by atoms with van der Waals surface area (Å²) < 4.78 is 0. The topological polar surface area (TPSA) is 59.2 Å². The van der Waals surface area contributed by atoms with E-state index in [1.165, 1.54) is 10.4 Å². The molecule has 1 aromatic heterocycles. The van der Waals surface area contributed by atoms with Crippen molar-refractivity contribution in [3.8, 4) is 0 Å². The monoisotopic (exact) mass is 315 g/mol. The van der Waals surface area contributed by atoms with Crippen molar-refractivity contribution in [3.05, 3.63) is 52.0 Å². The van der Waals surface area contributed by atoms with E-state index in [1.54, 1.807) is 11.3 Å². The fourth-order valence-corrected chi connectivity index (χ4v) is 4.19. The Morgan fingerprint density at radius 1 is 1.45 bits per heavy atom. The number of amides is 1. The third kappa shape index (κ3) is 3.05. The third-order valence-corrected chi connectivity index (χ3v) is 5.45. The largest absolute Gasteiger partial charge is 0.368 e. The Labute approximate surface area is 135 Å². The Balaban J connectivity index is 1.90. The SMILES string of the molecule is Cc1ncsc1C(CN1CCCC1C(N)=O)c1ccccc1. The first-order chi connectivity index (χ1) is 10.7. The van der Waals surface area contributed by atoms with Crippen LogP contribution in [0.15, 0.2) is 35.8 Å². The van der Waals surface area contributed by atoms with Crippen LogP contribution in [0.1, 0.15) is 34.9 Å². The first kappa shape index (κ1) is 15.2. The van der Waals surface area contributed by atoms with Gasteiger partial charge in [0.05, 0.1) is 17.2 Å². The van der Waals surface area contributed by atoms with E-state index < -0.39 is 0 Å². The molecule has 1 amide bonds. The average molecular weight is 315 g/mol. The van der Waals surface area contributed by atoms with Crippen molar-refractivity contribution in [3.63, 3.8) is 0 Å². The number of carbonyl (C=O) groups is 1. The first-order valence-electron chi connectivity index (χ1n) is 7.65. The lowest BCUT2D eigenvalue weighted by Gasteiger charge is -2.27. The van der Waals surface area contributed by atoms with Gasteiger partial charge in [-0.05, 0) is 31.9 Å². The summed E-state index contributed by atoms with van der Waals surface area (Å²) in [7, 11) is 0. The van der Waals surface area contributed by atoms with Crippen molar-refractivity contribution in [2.75, 3.05) is 13.1 Å². The van der Waals surface area contributed by atoms with Gasteiger partial charge in [-0.3, -0.25) is 9.69 Å². The van der Waals surface area contributed by atoms with Crippen LogP contribution in [0, 0.1) is 6.92 Å². The Morgan fingerprint density at radius 3 is 2.86 bits per heavy atom. The Morgan fingerprint density at radius 2 is 2.23 bits per heavy atom. The molecule has 2 aromatic rings. The summed E-state index contributed by atoms with van der Waals surface area (Å²) >= 11 is 1.69. The standard InChI is InChI=1S/C17H21N3OS/c1-12-16(22-11-19-12)14(13-6-3-2-4-7-13)10-20-9-5-8-15(20)17(18)21/h2-4,6-7,11,14-15H,5,8-10H2,1H3,(H2,18,21). The van der Waals surface area contributed by atoms with Gasteiger partial charge in [0.1, 0.15) is 0 Å². The molecule has 1 fully saturated rings. The van der Waals surface area contributed by atoms with Crippen molar-refractivity contribution in [2.24, 2.45) is 5.73 Å². The van der Waals surface area contributed by atoms with Crippen LogP contribution in [0.2, 0.25) is 0 Å². The van der Waals surface area contributed by atoms with Gasteiger partial charge in [0.15, 0.2) is 0 Å². The first-order valence-corrected chi connectivity index (χ1v) is 8.53. The van der Waals surface area contributed by atoms with E-state index in [9.17, 15) is 4.79 Å². The van der Waals surface area contributed by atoms with Crippen molar-refractivity contribution < 1.29 is 4.79 Å². The molecule has 1 aliphatic rings. The number of primary amides is 1. The summed E-state index contributed by atoms with van der Waals surface area (Å²) in [4.78, 5) is 19.6. The molecular formula is C17H21N3OS. The molecule has 0 bridgehead atoms. The van der Waals surface area contributed by atoms with Gasteiger partial charge in [-0.15, -0.1) is 11.3 Å². The number of nitrogens with zero attached hydrogens (tertiary/aromatic N) is 2. The predicted molar refractivity (Wildman–Crippen MR) is 88.9 cm³/mol. The van der Waals surface area contributed by atoms with Gasteiger partial charge < -0.3 is 5.73 Å². The minimum atomic E-state index is -0.203. The van der Waals surface area contributed by atoms with Crippen molar-refractivity contribution in [1.82, 2.24) is 9.88 Å². The van der Waals surface area contributed by atoms with Crippen LogP contribution in [0.25, 0.3) is 0 Å². The molecule has 5 heteroatoms. The molecule has 2 unspecified atom stereocenters. The number of carbonyl (C=O) groups excluding carboxylic acids is 1. The van der Waals surface area contributed by atoms with Crippen LogP contribution >= 0.6 is 11.3 Å². The molecule has 0 aliphatic carbocycles. The van der Waals surface area contributed by atoms with E-state index in [-0.39, 0.29) is 17.9 Å². The molecule has 3 rings (SSSR count). The molecule has 2 heterocycles. The maximum absolute atomic E-state index is 11.7. The molecule has 1 aliphatic heterocycles. The zero-order valence-corrected chi connectivity index (χ0v) is 13.6. The van der Waals surface area contributed by atoms with Crippen molar-refractivity contribution >= 4 is 17.2 Å². The maximum atomic E-state index is 11.7. The van der Waals surface area contributed by atoms with E-state index in [0.717, 1.165) is 31.6 Å². The van der Waals surface area contributed by atoms with Gasteiger partial charge in [-0.1, -0.05) is 30.3 Å². The lowest BCUT2D eigenvalue weighted by Crippen LogP contribution is -2.42. The van der Waals surface area contributed by atoms with E-state index in [0.29, 0.717) is 0 Å². The molecule has 0 spiro atoms. The van der Waals surface area contributed by atoms with Gasteiger partial charge in [-0.25, -0.2) is 4.98 Å². The number of thiazole rings is 1. The molecule has 0 saturated carbocycles. The third-order valence-electron chi connectivity index (χ3n) is 4.41. The highest BCUT2D eigenvalue weighted by molar-refractivity contribution is 7.09. The highest BCUT2D eigenvalue weighted by Gasteiger charge is 2.32. The smallest absolute Gasteiger partial charge is 0.234 e. The van der Waals surface area contributed by atoms with Crippen LogP contribution in [-0.2, 0) is 4.79 Å². The van der Waals surface area contributed by atoms with Crippen LogP contribution in [0.4, 0.5) is 0 Å². The average Bonchev–Trinajstić information content (AvgIpc) is 3.14. The van der Waals surface area contributed by atoms with Gasteiger partial charge in [0.25, 0.3) is 0 Å². The molecule has 116 valence electrons. The minimum Gasteiger partial charge on any atom is -0.368 e. The fourth-order valence-electron chi connectivity index (χ4n) is 3.27. The number of nitrogens with two attached hydrogens (primary N) is 1. The number of likely N-dealkylation sites (tertiary alicyclic amines) is 1. The van der Waals surface area contributed by atoms with Crippen molar-refractivity contribution in [2.45, 2.75) is 31.7 Å². The second-order valence-electron chi connectivity index (χ2n) is 5.82. The zero-order chi connectivity index (χ0) is 15.5. The molecule has 1 saturated heterocycles. The lowest BCUT2D eigenvalue weighted by atomic mass is 9.95. The number of benzene rings is 1. The molecular weight excluding hydrogens is 294 g/mol. The molecule has 2 N–H and O–H groups in total. The number of aromatic nitrogens is 1. The Kier molecular flexibility index (Phi) is 4.55. The molecule has 1 aromatic carbocycles. The fraction of sp³-hybridized carbons (Fsp3) is 0.412. The highest BCUT2D eigenvalue weighted by atomic mass is 32.1. The van der Waals surface area contributed by atoms with Crippen LogP contribution in [-0.4, -0.2) is 34.9 Å². The van der Waals surface area contributed by atoms with Crippen molar-refractivity contribution in [1.29, 1.82) is 0 Å². The summed E-state index contributed by atoms with van der Waals surface area (Å²) in [6, 6.07) is 10.3. The quantitative estimate of drug-likeness (QED) is 0.922. The molecule has 22 heavy (non-hydrogen) atoms. The summed E-state index contributed by atoms with van der Waals surface area (Å²) in [6.07, 6.45) is 1.91. The van der Waals surface area contributed by atoms with Crippen LogP contribution in [0.3, 0.4) is 0 Å². The number of hydrogen-bond acceptors (Lipinski definition) is 4. The Bertz CT molecular complexity index is 640. The van der Waals surface area contributed by atoms with Gasteiger partial charge in [-0.2, -0.15) is 0 Å². The summed E-state index contributed by atoms with van der Waals surface area (Å²) in [6.45, 7) is 3.81. The normalized spacial score (nSPS) is 20.1. The van der Waals surface area contributed by atoms with E-state index in [2.05, 4.69) is 41.1 Å². The Hall–Kier alpha value is -1.72. The summed E-state index contributed by atoms with van der Waals surface area (Å²) in [5.74, 6) is 0.0407. The van der Waals surface area contributed by atoms with E-state index in [1.807, 2.05) is 11.6 Å². The molecule has 0 radical (unpaired) electrons. The van der Waals surface area contributed by atoms with Crippen LogP contribution < -0.4 is 5.73 Å². The second kappa shape index (κ2) is 6.58. The van der Waals surface area contributed by atoms with Gasteiger partial charge in [0, 0.05) is 17.3 Å². The minimum absolute atomic E-state index is 0.126. The summed E-state index contributed by atoms with van der Waals surface area (Å²) in [5, 5.41) is 0. The number of rotatable bonds is 5. The van der Waals surface area contributed by atoms with E-state index >= 15 is 0 Å². The van der Waals surface area contributed by atoms with Gasteiger partial charge in [0.2, 0.25) is 5.91 Å². The maximum Gasteiger partial charge on any atom is 0.234 e. The van der Waals surface area contributed by atoms with E-state index in [4.69, 9.17) is 5.73 Å². The molecule has 4 nitrogen and oxygen atoms in total. The van der Waals surface area contributed by atoms with Crippen LogP contribution in [0.5, 0.6) is 0 Å². The highest BCUT2D eigenvalue weighted by Crippen LogP contribution is 2.32. The molecule has 2 atom stereocenters. The number of hydrogen-bond donors (Lipinski definition) is 1. The van der Waals surface area contributed by atoms with Gasteiger partial charge >= 0.3 is 0 Å². The predicted octanol–water partition coefficient (Wildman–Crippen LogP) is 2.53. The summed E-state index contributed by atoms with van der Waals surface area (Å²) in [5.41, 5.74) is 9.81. The zero-order valence-electron chi connectivity index (χ0n) is 12.7.